The Kier molecular flexibility index (Phi) is 5.98. The Bertz CT molecular complexity index is 507. The van der Waals surface area contributed by atoms with Crippen LogP contribution in [0.25, 0.3) is 0 Å². The number of rotatable bonds is 7. The highest BCUT2D eigenvalue weighted by molar-refractivity contribution is 7.89. The Labute approximate surface area is 120 Å². The predicted octanol–water partition coefficient (Wildman–Crippen LogP) is 2.59. The molecule has 1 N–H and O–H groups in total. The molecule has 1 heterocycles. The Morgan fingerprint density at radius 2 is 2.00 bits per heavy atom. The van der Waals surface area contributed by atoms with E-state index in [4.69, 9.17) is 0 Å². The minimum atomic E-state index is -3.40. The van der Waals surface area contributed by atoms with E-state index >= 15 is 0 Å². The molecule has 0 amide bonds. The summed E-state index contributed by atoms with van der Waals surface area (Å²) in [5.41, 5.74) is 0.844. The first-order valence-electron chi connectivity index (χ1n) is 6.65. The fourth-order valence-corrected chi connectivity index (χ4v) is 5.50. The van der Waals surface area contributed by atoms with Gasteiger partial charge in [-0.05, 0) is 38.3 Å². The molecule has 1 aromatic rings. The highest BCUT2D eigenvalue weighted by Gasteiger charge is 2.30. The summed E-state index contributed by atoms with van der Waals surface area (Å²) in [5, 5.41) is 5.13. The first kappa shape index (κ1) is 16.6. The molecule has 0 aliphatic heterocycles. The molecule has 110 valence electrons. The molecule has 0 fully saturated rings. The van der Waals surface area contributed by atoms with Gasteiger partial charge in [-0.2, -0.15) is 4.31 Å². The zero-order valence-electron chi connectivity index (χ0n) is 12.4. The zero-order valence-corrected chi connectivity index (χ0v) is 14.0. The van der Waals surface area contributed by atoms with Crippen molar-refractivity contribution >= 4 is 21.4 Å². The lowest BCUT2D eigenvalue weighted by atomic mass is 10.3. The highest BCUT2D eigenvalue weighted by atomic mass is 32.2. The normalized spacial score (nSPS) is 12.6. The second kappa shape index (κ2) is 6.83. The molecule has 0 aliphatic rings. The Balaban J connectivity index is 3.23. The van der Waals surface area contributed by atoms with Gasteiger partial charge >= 0.3 is 0 Å². The van der Waals surface area contributed by atoms with Gasteiger partial charge in [-0.1, -0.05) is 13.8 Å². The molecule has 0 radical (unpaired) electrons. The summed E-state index contributed by atoms with van der Waals surface area (Å²) in [6.45, 7) is 11.5. The fourth-order valence-electron chi connectivity index (χ4n) is 2.12. The van der Waals surface area contributed by atoms with Crippen LogP contribution in [0.3, 0.4) is 0 Å². The third-order valence-corrected chi connectivity index (χ3v) is 6.59. The predicted molar refractivity (Wildman–Crippen MR) is 81.1 cm³/mol. The van der Waals surface area contributed by atoms with Crippen LogP contribution < -0.4 is 5.32 Å². The molecule has 0 atom stereocenters. The van der Waals surface area contributed by atoms with Crippen LogP contribution in [-0.2, 0) is 16.6 Å². The summed E-state index contributed by atoms with van der Waals surface area (Å²) in [4.78, 5) is 1.40. The second-order valence-corrected chi connectivity index (χ2v) is 7.55. The lowest BCUT2D eigenvalue weighted by Gasteiger charge is -2.25. The van der Waals surface area contributed by atoms with Crippen LogP contribution in [0.5, 0.6) is 0 Å². The molecule has 0 bridgehead atoms. The van der Waals surface area contributed by atoms with Gasteiger partial charge < -0.3 is 5.32 Å². The van der Waals surface area contributed by atoms with Crippen molar-refractivity contribution in [3.8, 4) is 0 Å². The SMILES string of the molecule is CCNCc1scc(C)c1S(=O)(=O)N(CC)C(C)C. The van der Waals surface area contributed by atoms with Crippen molar-refractivity contribution in [2.45, 2.75) is 52.1 Å². The van der Waals surface area contributed by atoms with Gasteiger partial charge in [-0.25, -0.2) is 8.42 Å². The van der Waals surface area contributed by atoms with Crippen LogP contribution >= 0.6 is 11.3 Å². The van der Waals surface area contributed by atoms with Crippen LogP contribution in [-0.4, -0.2) is 31.9 Å². The van der Waals surface area contributed by atoms with Crippen molar-refractivity contribution < 1.29 is 8.42 Å². The average molecular weight is 304 g/mol. The van der Waals surface area contributed by atoms with Crippen LogP contribution in [0, 0.1) is 6.92 Å². The molecule has 0 aliphatic carbocycles. The zero-order chi connectivity index (χ0) is 14.6. The monoisotopic (exact) mass is 304 g/mol. The van der Waals surface area contributed by atoms with Gasteiger partial charge in [0.1, 0.15) is 4.90 Å². The summed E-state index contributed by atoms with van der Waals surface area (Å²) >= 11 is 1.51. The molecule has 0 aromatic carbocycles. The average Bonchev–Trinajstić information content (AvgIpc) is 2.68. The van der Waals surface area contributed by atoms with E-state index in [9.17, 15) is 8.42 Å². The number of nitrogens with one attached hydrogen (secondary N) is 1. The third-order valence-electron chi connectivity index (χ3n) is 2.98. The van der Waals surface area contributed by atoms with Gasteiger partial charge in [0.15, 0.2) is 0 Å². The van der Waals surface area contributed by atoms with E-state index in [0.29, 0.717) is 18.0 Å². The van der Waals surface area contributed by atoms with E-state index in [-0.39, 0.29) is 6.04 Å². The smallest absolute Gasteiger partial charge is 0.244 e. The largest absolute Gasteiger partial charge is 0.312 e. The van der Waals surface area contributed by atoms with E-state index in [0.717, 1.165) is 17.0 Å². The standard InChI is InChI=1S/C13H24N2O2S2/c1-6-14-8-12-13(11(5)9-18-12)19(16,17)15(7-2)10(3)4/h9-10,14H,6-8H2,1-5H3. The van der Waals surface area contributed by atoms with Crippen molar-refractivity contribution in [1.82, 2.24) is 9.62 Å². The lowest BCUT2D eigenvalue weighted by Crippen LogP contribution is -2.37. The highest BCUT2D eigenvalue weighted by Crippen LogP contribution is 2.30. The number of hydrogen-bond donors (Lipinski definition) is 1. The van der Waals surface area contributed by atoms with Crippen molar-refractivity contribution in [2.75, 3.05) is 13.1 Å². The van der Waals surface area contributed by atoms with E-state index in [2.05, 4.69) is 5.32 Å². The summed E-state index contributed by atoms with van der Waals surface area (Å²) in [7, 11) is -3.40. The number of sulfonamides is 1. The molecule has 4 nitrogen and oxygen atoms in total. The number of aryl methyl sites for hydroxylation is 1. The minimum Gasteiger partial charge on any atom is -0.312 e. The summed E-state index contributed by atoms with van der Waals surface area (Å²) in [6.07, 6.45) is 0. The summed E-state index contributed by atoms with van der Waals surface area (Å²) in [5.74, 6) is 0. The van der Waals surface area contributed by atoms with Crippen molar-refractivity contribution in [2.24, 2.45) is 0 Å². The molecular formula is C13H24N2O2S2. The maximum atomic E-state index is 12.8. The van der Waals surface area contributed by atoms with Crippen molar-refractivity contribution in [3.63, 3.8) is 0 Å². The van der Waals surface area contributed by atoms with Gasteiger partial charge in [0.2, 0.25) is 10.0 Å². The Morgan fingerprint density at radius 3 is 2.47 bits per heavy atom. The van der Waals surface area contributed by atoms with Gasteiger partial charge in [-0.3, -0.25) is 0 Å². The molecule has 1 aromatic heterocycles. The van der Waals surface area contributed by atoms with Gasteiger partial charge in [-0.15, -0.1) is 11.3 Å². The van der Waals surface area contributed by atoms with Crippen LogP contribution in [0.2, 0.25) is 0 Å². The third kappa shape index (κ3) is 3.56. The molecule has 0 saturated heterocycles. The second-order valence-electron chi connectivity index (χ2n) is 4.75. The van der Waals surface area contributed by atoms with E-state index in [1.807, 2.05) is 40.0 Å². The van der Waals surface area contributed by atoms with Crippen LogP contribution in [0.1, 0.15) is 38.1 Å². The molecule has 0 saturated carbocycles. The molecule has 19 heavy (non-hydrogen) atoms. The van der Waals surface area contributed by atoms with Gasteiger partial charge in [0, 0.05) is 24.0 Å². The first-order valence-corrected chi connectivity index (χ1v) is 8.97. The summed E-state index contributed by atoms with van der Waals surface area (Å²) in [6, 6.07) is -0.0266. The fraction of sp³-hybridized carbons (Fsp3) is 0.692. The number of nitrogens with zero attached hydrogens (tertiary/aromatic N) is 1. The number of thiophene rings is 1. The minimum absolute atomic E-state index is 0.0266. The van der Waals surface area contributed by atoms with Crippen LogP contribution in [0.4, 0.5) is 0 Å². The molecule has 0 unspecified atom stereocenters. The van der Waals surface area contributed by atoms with Crippen LogP contribution in [0.15, 0.2) is 10.3 Å². The van der Waals surface area contributed by atoms with E-state index in [1.165, 1.54) is 11.3 Å². The first-order chi connectivity index (χ1) is 8.86. The summed E-state index contributed by atoms with van der Waals surface area (Å²) < 4.78 is 27.1. The van der Waals surface area contributed by atoms with Crippen molar-refractivity contribution in [3.05, 3.63) is 15.8 Å². The molecule has 1 rings (SSSR count). The van der Waals surface area contributed by atoms with E-state index in [1.54, 1.807) is 4.31 Å². The quantitative estimate of drug-likeness (QED) is 0.842. The maximum Gasteiger partial charge on any atom is 0.244 e. The van der Waals surface area contributed by atoms with Crippen molar-refractivity contribution in [1.29, 1.82) is 0 Å². The molecule has 6 heteroatoms. The Morgan fingerprint density at radius 1 is 1.37 bits per heavy atom. The molecular weight excluding hydrogens is 280 g/mol. The van der Waals surface area contributed by atoms with Gasteiger partial charge in [0.05, 0.1) is 0 Å². The molecule has 0 spiro atoms. The maximum absolute atomic E-state index is 12.8. The lowest BCUT2D eigenvalue weighted by molar-refractivity contribution is 0.368. The Hall–Kier alpha value is -0.430. The van der Waals surface area contributed by atoms with E-state index < -0.39 is 10.0 Å². The topological polar surface area (TPSA) is 49.4 Å². The van der Waals surface area contributed by atoms with Gasteiger partial charge in [0.25, 0.3) is 0 Å². The number of hydrogen-bond acceptors (Lipinski definition) is 4.